The molecule has 0 spiro atoms. The summed E-state index contributed by atoms with van der Waals surface area (Å²) in [6.45, 7) is 8.77. The molecular weight excluding hydrogens is 240 g/mol. The number of nitrogens with zero attached hydrogens (tertiary/aromatic N) is 1. The zero-order valence-corrected chi connectivity index (χ0v) is 12.4. The van der Waals surface area contributed by atoms with E-state index in [9.17, 15) is 4.79 Å². The zero-order valence-electron chi connectivity index (χ0n) is 12.4. The number of rotatable bonds is 4. The van der Waals surface area contributed by atoms with Crippen LogP contribution in [0.3, 0.4) is 0 Å². The molecule has 0 aromatic rings. The van der Waals surface area contributed by atoms with Gasteiger partial charge in [0.15, 0.2) is 0 Å². The largest absolute Gasteiger partial charge is 0.381 e. The van der Waals surface area contributed by atoms with Crippen LogP contribution >= 0.6 is 0 Å². The van der Waals surface area contributed by atoms with Crippen molar-refractivity contribution in [2.24, 2.45) is 11.8 Å². The Bertz CT molecular complexity index is 290. The normalized spacial score (nSPS) is 29.5. The number of carbonyl (C=O) groups is 1. The maximum Gasteiger partial charge on any atom is 0.225 e. The fraction of sp³-hybridized carbons (Fsp3) is 0.933. The van der Waals surface area contributed by atoms with Gasteiger partial charge in [-0.2, -0.15) is 0 Å². The molecule has 2 atom stereocenters. The van der Waals surface area contributed by atoms with Crippen molar-refractivity contribution in [2.45, 2.75) is 45.6 Å². The molecule has 2 aliphatic heterocycles. The maximum atomic E-state index is 12.5. The molecule has 2 heterocycles. The van der Waals surface area contributed by atoms with Crippen LogP contribution in [0.25, 0.3) is 0 Å². The Kier molecular flexibility index (Phi) is 5.64. The predicted octanol–water partition coefficient (Wildman–Crippen LogP) is 1.65. The Morgan fingerprint density at radius 1 is 1.26 bits per heavy atom. The summed E-state index contributed by atoms with van der Waals surface area (Å²) in [4.78, 5) is 14.6. The average molecular weight is 268 g/mol. The number of nitrogens with one attached hydrogen (secondary N) is 1. The Balaban J connectivity index is 1.89. The standard InChI is InChI=1S/C15H28N2O2/c1-3-12-11-17(8-5-14(12)16-4-2)15(18)13-6-9-19-10-7-13/h12-14,16H,3-11H2,1-2H3. The topological polar surface area (TPSA) is 41.6 Å². The smallest absolute Gasteiger partial charge is 0.225 e. The van der Waals surface area contributed by atoms with Gasteiger partial charge in [-0.1, -0.05) is 20.3 Å². The molecule has 19 heavy (non-hydrogen) atoms. The molecule has 4 heteroatoms. The number of piperidine rings is 1. The number of amides is 1. The van der Waals surface area contributed by atoms with E-state index in [4.69, 9.17) is 4.74 Å². The minimum absolute atomic E-state index is 0.210. The number of hydrogen-bond acceptors (Lipinski definition) is 3. The van der Waals surface area contributed by atoms with Crippen molar-refractivity contribution < 1.29 is 9.53 Å². The van der Waals surface area contributed by atoms with Crippen LogP contribution in [-0.4, -0.2) is 49.7 Å². The lowest BCUT2D eigenvalue weighted by Crippen LogP contribution is -2.52. The Hall–Kier alpha value is -0.610. The van der Waals surface area contributed by atoms with Gasteiger partial charge in [-0.15, -0.1) is 0 Å². The van der Waals surface area contributed by atoms with Gasteiger partial charge in [0.2, 0.25) is 5.91 Å². The van der Waals surface area contributed by atoms with Gasteiger partial charge in [0.1, 0.15) is 0 Å². The second-order valence-corrected chi connectivity index (χ2v) is 5.79. The third-order valence-electron chi connectivity index (χ3n) is 4.61. The van der Waals surface area contributed by atoms with Gasteiger partial charge in [-0.3, -0.25) is 4.79 Å². The van der Waals surface area contributed by atoms with E-state index in [0.29, 0.717) is 17.9 Å². The Morgan fingerprint density at radius 3 is 2.63 bits per heavy atom. The van der Waals surface area contributed by atoms with Gasteiger partial charge in [-0.05, 0) is 31.7 Å². The van der Waals surface area contributed by atoms with Crippen molar-refractivity contribution >= 4 is 5.91 Å². The lowest BCUT2D eigenvalue weighted by atomic mass is 9.88. The second-order valence-electron chi connectivity index (χ2n) is 5.79. The van der Waals surface area contributed by atoms with E-state index >= 15 is 0 Å². The highest BCUT2D eigenvalue weighted by Crippen LogP contribution is 2.24. The Morgan fingerprint density at radius 2 is 2.00 bits per heavy atom. The molecule has 2 saturated heterocycles. The van der Waals surface area contributed by atoms with E-state index < -0.39 is 0 Å². The number of hydrogen-bond donors (Lipinski definition) is 1. The molecule has 110 valence electrons. The van der Waals surface area contributed by atoms with Crippen molar-refractivity contribution in [1.82, 2.24) is 10.2 Å². The molecule has 2 unspecified atom stereocenters. The first-order valence-electron chi connectivity index (χ1n) is 7.86. The van der Waals surface area contributed by atoms with Gasteiger partial charge >= 0.3 is 0 Å². The third-order valence-corrected chi connectivity index (χ3v) is 4.61. The van der Waals surface area contributed by atoms with Crippen molar-refractivity contribution in [2.75, 3.05) is 32.8 Å². The van der Waals surface area contributed by atoms with E-state index in [0.717, 1.165) is 58.5 Å². The molecule has 4 nitrogen and oxygen atoms in total. The predicted molar refractivity (Wildman–Crippen MR) is 76.0 cm³/mol. The third kappa shape index (κ3) is 3.69. The van der Waals surface area contributed by atoms with Crippen molar-refractivity contribution in [3.05, 3.63) is 0 Å². The number of likely N-dealkylation sites (tertiary alicyclic amines) is 1. The fourth-order valence-electron chi connectivity index (χ4n) is 3.38. The summed E-state index contributed by atoms with van der Waals surface area (Å²) >= 11 is 0. The molecule has 0 bridgehead atoms. The first-order valence-corrected chi connectivity index (χ1v) is 7.86. The van der Waals surface area contributed by atoms with Crippen LogP contribution in [0.4, 0.5) is 0 Å². The molecule has 2 rings (SSSR count). The van der Waals surface area contributed by atoms with E-state index in [1.807, 2.05) is 0 Å². The molecule has 0 radical (unpaired) electrons. The zero-order chi connectivity index (χ0) is 13.7. The van der Waals surface area contributed by atoms with Gasteiger partial charge in [0.05, 0.1) is 0 Å². The van der Waals surface area contributed by atoms with Crippen LogP contribution in [0.5, 0.6) is 0 Å². The molecule has 0 aromatic carbocycles. The minimum Gasteiger partial charge on any atom is -0.381 e. The summed E-state index contributed by atoms with van der Waals surface area (Å²) in [5, 5.41) is 3.57. The van der Waals surface area contributed by atoms with Gasteiger partial charge in [-0.25, -0.2) is 0 Å². The van der Waals surface area contributed by atoms with Gasteiger partial charge < -0.3 is 15.0 Å². The van der Waals surface area contributed by atoms with E-state index in [1.54, 1.807) is 0 Å². The van der Waals surface area contributed by atoms with E-state index in [1.165, 1.54) is 0 Å². The first-order chi connectivity index (χ1) is 9.26. The maximum absolute atomic E-state index is 12.5. The highest BCUT2D eigenvalue weighted by molar-refractivity contribution is 5.79. The minimum atomic E-state index is 0.210. The second kappa shape index (κ2) is 7.25. The lowest BCUT2D eigenvalue weighted by molar-refractivity contribution is -0.140. The van der Waals surface area contributed by atoms with Gasteiger partial charge in [0, 0.05) is 38.3 Å². The molecule has 2 aliphatic rings. The van der Waals surface area contributed by atoms with Crippen molar-refractivity contribution in [3.8, 4) is 0 Å². The highest BCUT2D eigenvalue weighted by Gasteiger charge is 2.33. The monoisotopic (exact) mass is 268 g/mol. The van der Waals surface area contributed by atoms with E-state index in [-0.39, 0.29) is 5.92 Å². The number of carbonyl (C=O) groups excluding carboxylic acids is 1. The SMILES string of the molecule is CCNC1CCN(C(=O)C2CCOCC2)CC1CC. The van der Waals surface area contributed by atoms with Crippen LogP contribution < -0.4 is 5.32 Å². The first kappa shape index (κ1) is 14.8. The molecule has 2 fully saturated rings. The lowest BCUT2D eigenvalue weighted by Gasteiger charge is -2.40. The molecule has 0 saturated carbocycles. The Labute approximate surface area is 116 Å². The van der Waals surface area contributed by atoms with E-state index in [2.05, 4.69) is 24.1 Å². The summed E-state index contributed by atoms with van der Waals surface area (Å²) in [5.74, 6) is 1.19. The van der Waals surface area contributed by atoms with Crippen LogP contribution in [0.1, 0.15) is 39.5 Å². The molecular formula is C15H28N2O2. The van der Waals surface area contributed by atoms with Crippen LogP contribution in [0.2, 0.25) is 0 Å². The fourth-order valence-corrected chi connectivity index (χ4v) is 3.38. The van der Waals surface area contributed by atoms with Crippen LogP contribution in [0, 0.1) is 11.8 Å². The summed E-state index contributed by atoms with van der Waals surface area (Å²) in [5.41, 5.74) is 0. The molecule has 1 amide bonds. The quantitative estimate of drug-likeness (QED) is 0.843. The van der Waals surface area contributed by atoms with Crippen LogP contribution in [0.15, 0.2) is 0 Å². The van der Waals surface area contributed by atoms with Crippen LogP contribution in [-0.2, 0) is 9.53 Å². The van der Waals surface area contributed by atoms with Crippen molar-refractivity contribution in [3.63, 3.8) is 0 Å². The summed E-state index contributed by atoms with van der Waals surface area (Å²) < 4.78 is 5.35. The average Bonchev–Trinajstić information content (AvgIpc) is 2.48. The van der Waals surface area contributed by atoms with Gasteiger partial charge in [0.25, 0.3) is 0 Å². The molecule has 0 aliphatic carbocycles. The summed E-state index contributed by atoms with van der Waals surface area (Å²) in [7, 11) is 0. The molecule has 0 aromatic heterocycles. The number of ether oxygens (including phenoxy) is 1. The molecule has 1 N–H and O–H groups in total. The summed E-state index contributed by atoms with van der Waals surface area (Å²) in [6.07, 6.45) is 4.06. The van der Waals surface area contributed by atoms with Crippen molar-refractivity contribution in [1.29, 1.82) is 0 Å². The summed E-state index contributed by atoms with van der Waals surface area (Å²) in [6, 6.07) is 0.591. The highest BCUT2D eigenvalue weighted by atomic mass is 16.5.